The van der Waals surface area contributed by atoms with E-state index in [9.17, 15) is 0 Å². The summed E-state index contributed by atoms with van der Waals surface area (Å²) in [7, 11) is 0. The number of aromatic nitrogens is 2. The third-order valence-electron chi connectivity index (χ3n) is 3.24. The summed E-state index contributed by atoms with van der Waals surface area (Å²) in [6.07, 6.45) is 1.93. The maximum Gasteiger partial charge on any atom is 0.101 e. The fourth-order valence-corrected chi connectivity index (χ4v) is 3.88. The Morgan fingerprint density at radius 1 is 1.37 bits per heavy atom. The Labute approximate surface area is 126 Å². The summed E-state index contributed by atoms with van der Waals surface area (Å²) < 4.78 is 3.25. The normalized spacial score (nSPS) is 14.6. The molecule has 0 bridgehead atoms. The third kappa shape index (κ3) is 3.09. The van der Waals surface area contributed by atoms with Crippen molar-refractivity contribution < 1.29 is 0 Å². The molecule has 0 saturated heterocycles. The van der Waals surface area contributed by atoms with Crippen molar-refractivity contribution in [3.05, 3.63) is 38.3 Å². The van der Waals surface area contributed by atoms with E-state index in [1.54, 1.807) is 11.3 Å². The largest absolute Gasteiger partial charge is 0.326 e. The number of nitrogens with zero attached hydrogens (tertiary/aromatic N) is 2. The second-order valence-corrected chi connectivity index (χ2v) is 7.22. The minimum atomic E-state index is 0.0282. The van der Waals surface area contributed by atoms with Crippen molar-refractivity contribution in [3.8, 4) is 0 Å². The van der Waals surface area contributed by atoms with E-state index in [4.69, 9.17) is 10.8 Å². The van der Waals surface area contributed by atoms with Crippen LogP contribution in [0.3, 0.4) is 0 Å². The van der Waals surface area contributed by atoms with Gasteiger partial charge in [0, 0.05) is 16.6 Å². The molecule has 2 aromatic rings. The van der Waals surface area contributed by atoms with Gasteiger partial charge in [-0.05, 0) is 53.9 Å². The quantitative estimate of drug-likeness (QED) is 0.899. The molecule has 0 amide bonds. The van der Waals surface area contributed by atoms with Crippen molar-refractivity contribution in [3.63, 3.8) is 0 Å². The topological polar surface area (TPSA) is 43.8 Å². The lowest BCUT2D eigenvalue weighted by Crippen LogP contribution is -2.31. The highest BCUT2D eigenvalue weighted by Crippen LogP contribution is 2.32. The van der Waals surface area contributed by atoms with Crippen LogP contribution in [0.1, 0.15) is 43.1 Å². The minimum Gasteiger partial charge on any atom is -0.326 e. The zero-order valence-corrected chi connectivity index (χ0v) is 14.0. The van der Waals surface area contributed by atoms with Gasteiger partial charge in [-0.25, -0.2) is 0 Å². The lowest BCUT2D eigenvalue weighted by molar-refractivity contribution is 0.444. The van der Waals surface area contributed by atoms with Crippen molar-refractivity contribution in [2.45, 2.75) is 45.7 Å². The van der Waals surface area contributed by atoms with E-state index in [0.29, 0.717) is 0 Å². The van der Waals surface area contributed by atoms with Crippen LogP contribution in [0, 0.1) is 0 Å². The number of thiophene rings is 1. The summed E-state index contributed by atoms with van der Waals surface area (Å²) >= 11 is 5.26. The first-order valence-corrected chi connectivity index (χ1v) is 8.25. The van der Waals surface area contributed by atoms with E-state index < -0.39 is 0 Å². The second kappa shape index (κ2) is 6.20. The van der Waals surface area contributed by atoms with Crippen LogP contribution in [0.5, 0.6) is 0 Å². The summed E-state index contributed by atoms with van der Waals surface area (Å²) in [4.78, 5) is 1.25. The van der Waals surface area contributed by atoms with Crippen LogP contribution in [0.15, 0.2) is 22.0 Å². The summed E-state index contributed by atoms with van der Waals surface area (Å²) in [6.45, 7) is 6.34. The predicted octanol–water partition coefficient (Wildman–Crippen LogP) is 3.77. The molecule has 5 heteroatoms. The molecule has 0 spiro atoms. The van der Waals surface area contributed by atoms with E-state index in [1.807, 2.05) is 6.92 Å². The van der Waals surface area contributed by atoms with E-state index >= 15 is 0 Å². The Morgan fingerprint density at radius 2 is 2.11 bits per heavy atom. The highest BCUT2D eigenvalue weighted by Gasteiger charge is 2.23. The number of aryl methyl sites for hydroxylation is 2. The molecule has 0 fully saturated rings. The number of rotatable bonds is 5. The Bertz CT molecular complexity index is 545. The molecule has 2 aromatic heterocycles. The summed E-state index contributed by atoms with van der Waals surface area (Å²) in [5.74, 6) is 0. The Kier molecular flexibility index (Phi) is 4.81. The molecule has 0 saturated carbocycles. The molecule has 2 unspecified atom stereocenters. The molecule has 2 N–H and O–H groups in total. The summed E-state index contributed by atoms with van der Waals surface area (Å²) in [5.41, 5.74) is 8.61. The van der Waals surface area contributed by atoms with Gasteiger partial charge in [0.05, 0.1) is 9.48 Å². The van der Waals surface area contributed by atoms with Gasteiger partial charge in [-0.2, -0.15) is 5.10 Å². The summed E-state index contributed by atoms with van der Waals surface area (Å²) in [6, 6.07) is 6.55. The van der Waals surface area contributed by atoms with E-state index in [2.05, 4.69) is 52.7 Å². The predicted molar refractivity (Wildman–Crippen MR) is 84.8 cm³/mol. The van der Waals surface area contributed by atoms with Gasteiger partial charge in [-0.1, -0.05) is 13.8 Å². The van der Waals surface area contributed by atoms with Gasteiger partial charge >= 0.3 is 0 Å². The number of nitrogens with two attached hydrogens (primary N) is 1. The highest BCUT2D eigenvalue weighted by molar-refractivity contribution is 9.11. The first-order valence-electron chi connectivity index (χ1n) is 6.64. The van der Waals surface area contributed by atoms with Crippen LogP contribution in [-0.2, 0) is 12.8 Å². The molecule has 2 rings (SSSR count). The van der Waals surface area contributed by atoms with Gasteiger partial charge in [0.1, 0.15) is 6.04 Å². The molecule has 19 heavy (non-hydrogen) atoms. The molecule has 3 nitrogen and oxygen atoms in total. The van der Waals surface area contributed by atoms with Crippen molar-refractivity contribution in [1.29, 1.82) is 0 Å². The fraction of sp³-hybridized carbons (Fsp3) is 0.500. The van der Waals surface area contributed by atoms with Gasteiger partial charge in [0.25, 0.3) is 0 Å². The molecular formula is C14H20BrN3S. The maximum atomic E-state index is 6.21. The lowest BCUT2D eigenvalue weighted by atomic mass is 10.1. The molecule has 104 valence electrons. The van der Waals surface area contributed by atoms with Crippen LogP contribution in [0.25, 0.3) is 0 Å². The Balaban J connectivity index is 2.47. The van der Waals surface area contributed by atoms with Crippen molar-refractivity contribution >= 4 is 27.3 Å². The fourth-order valence-electron chi connectivity index (χ4n) is 2.26. The van der Waals surface area contributed by atoms with Gasteiger partial charge in [-0.3, -0.25) is 4.68 Å². The minimum absolute atomic E-state index is 0.0282. The number of hydrogen-bond acceptors (Lipinski definition) is 3. The van der Waals surface area contributed by atoms with Crippen molar-refractivity contribution in [2.24, 2.45) is 5.73 Å². The van der Waals surface area contributed by atoms with Gasteiger partial charge in [0.15, 0.2) is 0 Å². The molecule has 0 aliphatic rings. The smallest absolute Gasteiger partial charge is 0.101 e. The van der Waals surface area contributed by atoms with Crippen LogP contribution >= 0.6 is 27.3 Å². The SMILES string of the molecule is CCc1cc(CC)n(C(c2ccc(Br)s2)C(C)N)n1. The molecule has 0 aliphatic carbocycles. The van der Waals surface area contributed by atoms with E-state index in [1.165, 1.54) is 10.6 Å². The maximum absolute atomic E-state index is 6.21. The average Bonchev–Trinajstić information content (AvgIpc) is 2.96. The van der Waals surface area contributed by atoms with Gasteiger partial charge in [-0.15, -0.1) is 11.3 Å². The molecule has 0 aliphatic heterocycles. The standard InChI is InChI=1S/C14H20BrN3S/c1-4-10-8-11(5-2)18(17-10)14(9(3)16)12-6-7-13(15)19-12/h6-9,14H,4-5,16H2,1-3H3. The van der Waals surface area contributed by atoms with Crippen LogP contribution in [-0.4, -0.2) is 15.8 Å². The van der Waals surface area contributed by atoms with E-state index in [0.717, 1.165) is 22.3 Å². The molecule has 0 aromatic carbocycles. The van der Waals surface area contributed by atoms with Crippen LogP contribution in [0.4, 0.5) is 0 Å². The number of halogens is 1. The van der Waals surface area contributed by atoms with Crippen molar-refractivity contribution in [2.75, 3.05) is 0 Å². The Morgan fingerprint density at radius 3 is 2.58 bits per heavy atom. The first-order chi connectivity index (χ1) is 9.06. The average molecular weight is 342 g/mol. The van der Waals surface area contributed by atoms with Gasteiger partial charge in [0.2, 0.25) is 0 Å². The monoisotopic (exact) mass is 341 g/mol. The van der Waals surface area contributed by atoms with Crippen LogP contribution < -0.4 is 5.73 Å². The zero-order chi connectivity index (χ0) is 14.0. The lowest BCUT2D eigenvalue weighted by Gasteiger charge is -2.22. The third-order valence-corrected chi connectivity index (χ3v) is 4.93. The summed E-state index contributed by atoms with van der Waals surface area (Å²) in [5, 5.41) is 4.73. The first kappa shape index (κ1) is 14.8. The van der Waals surface area contributed by atoms with Gasteiger partial charge < -0.3 is 5.73 Å². The molecule has 2 heterocycles. The molecule has 2 atom stereocenters. The zero-order valence-electron chi connectivity index (χ0n) is 11.6. The molecular weight excluding hydrogens is 322 g/mol. The van der Waals surface area contributed by atoms with Crippen LogP contribution in [0.2, 0.25) is 0 Å². The number of hydrogen-bond donors (Lipinski definition) is 1. The van der Waals surface area contributed by atoms with Crippen molar-refractivity contribution in [1.82, 2.24) is 9.78 Å². The second-order valence-electron chi connectivity index (χ2n) is 4.72. The van der Waals surface area contributed by atoms with E-state index in [-0.39, 0.29) is 12.1 Å². The highest BCUT2D eigenvalue weighted by atomic mass is 79.9. The molecule has 0 radical (unpaired) electrons. The Hall–Kier alpha value is -0.650.